The van der Waals surface area contributed by atoms with E-state index in [9.17, 15) is 4.39 Å². The topological polar surface area (TPSA) is 18.5 Å². The molecule has 0 aliphatic heterocycles. The van der Waals surface area contributed by atoms with Crippen molar-refractivity contribution in [3.05, 3.63) is 29.6 Å². The molecule has 0 saturated heterocycles. The number of ether oxygens (including phenoxy) is 2. The molecule has 0 N–H and O–H groups in total. The Balaban J connectivity index is 2.57. The first-order valence-corrected chi connectivity index (χ1v) is 6.75. The molecule has 19 heavy (non-hydrogen) atoms. The summed E-state index contributed by atoms with van der Waals surface area (Å²) in [6.07, 6.45) is 0.748. The van der Waals surface area contributed by atoms with Crippen LogP contribution in [0.2, 0.25) is 0 Å². The average Bonchev–Trinajstić information content (AvgIpc) is 2.38. The van der Waals surface area contributed by atoms with Crippen LogP contribution in [0.4, 0.5) is 4.39 Å². The lowest BCUT2D eigenvalue weighted by molar-refractivity contribution is 0.0544. The Kier molecular flexibility index (Phi) is 7.32. The fourth-order valence-corrected chi connectivity index (χ4v) is 1.43. The van der Waals surface area contributed by atoms with E-state index >= 15 is 0 Å². The zero-order valence-corrected chi connectivity index (χ0v) is 12.0. The van der Waals surface area contributed by atoms with Gasteiger partial charge in [-0.15, -0.1) is 11.6 Å². The standard InChI is InChI=1S/C15H18ClFO2/c1-12(2)18-9-10-19-15-11-13(5-3-4-8-16)6-7-14(15)17/h6-7,11-12H,4,8-10H2,1-2H3. The van der Waals surface area contributed by atoms with Gasteiger partial charge in [-0.2, -0.15) is 0 Å². The highest BCUT2D eigenvalue weighted by Crippen LogP contribution is 2.18. The Hall–Kier alpha value is -1.24. The van der Waals surface area contributed by atoms with Crippen LogP contribution in [-0.2, 0) is 4.74 Å². The van der Waals surface area contributed by atoms with E-state index in [0.29, 0.717) is 31.1 Å². The van der Waals surface area contributed by atoms with Gasteiger partial charge in [-0.25, -0.2) is 4.39 Å². The third-order valence-corrected chi connectivity index (χ3v) is 2.36. The number of benzene rings is 1. The van der Waals surface area contributed by atoms with E-state index in [4.69, 9.17) is 21.1 Å². The molecule has 0 fully saturated rings. The summed E-state index contributed by atoms with van der Waals surface area (Å²) in [4.78, 5) is 0. The third kappa shape index (κ3) is 6.47. The van der Waals surface area contributed by atoms with Crippen molar-refractivity contribution in [2.75, 3.05) is 19.1 Å². The minimum Gasteiger partial charge on any atom is -0.488 e. The molecule has 0 saturated carbocycles. The molecule has 104 valence electrons. The van der Waals surface area contributed by atoms with Crippen molar-refractivity contribution in [1.82, 2.24) is 0 Å². The van der Waals surface area contributed by atoms with Crippen LogP contribution in [0.15, 0.2) is 18.2 Å². The quantitative estimate of drug-likeness (QED) is 0.451. The fraction of sp³-hybridized carbons (Fsp3) is 0.467. The second-order valence-electron chi connectivity index (χ2n) is 4.15. The van der Waals surface area contributed by atoms with Gasteiger partial charge >= 0.3 is 0 Å². The van der Waals surface area contributed by atoms with Crippen LogP contribution in [0.5, 0.6) is 5.75 Å². The number of halogens is 2. The molecule has 0 bridgehead atoms. The van der Waals surface area contributed by atoms with Crippen molar-refractivity contribution < 1.29 is 13.9 Å². The summed E-state index contributed by atoms with van der Waals surface area (Å²) in [5.41, 5.74) is 0.714. The molecule has 0 radical (unpaired) electrons. The summed E-state index contributed by atoms with van der Waals surface area (Å²) < 4.78 is 24.2. The molecule has 0 aliphatic rings. The van der Waals surface area contributed by atoms with Crippen LogP contribution in [-0.4, -0.2) is 25.2 Å². The van der Waals surface area contributed by atoms with Gasteiger partial charge in [0.1, 0.15) is 6.61 Å². The number of rotatable bonds is 6. The van der Waals surface area contributed by atoms with Crippen molar-refractivity contribution in [2.24, 2.45) is 0 Å². The molecule has 2 nitrogen and oxygen atoms in total. The minimum absolute atomic E-state index is 0.140. The van der Waals surface area contributed by atoms with E-state index in [2.05, 4.69) is 11.8 Å². The van der Waals surface area contributed by atoms with Crippen molar-refractivity contribution in [1.29, 1.82) is 0 Å². The molecule has 4 heteroatoms. The first-order valence-electron chi connectivity index (χ1n) is 6.22. The summed E-state index contributed by atoms with van der Waals surface area (Å²) in [6, 6.07) is 4.56. The van der Waals surface area contributed by atoms with Crippen molar-refractivity contribution >= 4 is 11.6 Å². The van der Waals surface area contributed by atoms with Crippen LogP contribution < -0.4 is 4.74 Å². The second-order valence-corrected chi connectivity index (χ2v) is 4.53. The molecule has 0 aromatic heterocycles. The Morgan fingerprint density at radius 1 is 1.32 bits per heavy atom. The zero-order chi connectivity index (χ0) is 14.1. The van der Waals surface area contributed by atoms with Crippen LogP contribution in [0, 0.1) is 17.7 Å². The third-order valence-electron chi connectivity index (χ3n) is 2.18. The first kappa shape index (κ1) is 15.8. The van der Waals surface area contributed by atoms with Gasteiger partial charge in [-0.1, -0.05) is 11.8 Å². The molecule has 0 spiro atoms. The molecule has 0 heterocycles. The monoisotopic (exact) mass is 284 g/mol. The van der Waals surface area contributed by atoms with E-state index in [1.165, 1.54) is 6.07 Å². The SMILES string of the molecule is CC(C)OCCOc1cc(C#CCCCl)ccc1F. The number of hydrogen-bond donors (Lipinski definition) is 0. The van der Waals surface area contributed by atoms with Crippen LogP contribution in [0.3, 0.4) is 0 Å². The first-order chi connectivity index (χ1) is 9.13. The summed E-state index contributed by atoms with van der Waals surface area (Å²) in [5, 5.41) is 0. The summed E-state index contributed by atoms with van der Waals surface area (Å²) >= 11 is 5.53. The minimum atomic E-state index is -0.396. The van der Waals surface area contributed by atoms with Gasteiger partial charge in [0.2, 0.25) is 0 Å². The van der Waals surface area contributed by atoms with Crippen LogP contribution in [0.1, 0.15) is 25.8 Å². The molecule has 1 aromatic rings. The van der Waals surface area contributed by atoms with Crippen LogP contribution >= 0.6 is 11.6 Å². The highest BCUT2D eigenvalue weighted by atomic mass is 35.5. The van der Waals surface area contributed by atoms with Gasteiger partial charge in [-0.3, -0.25) is 0 Å². The summed E-state index contributed by atoms with van der Waals surface area (Å²) in [7, 11) is 0. The largest absolute Gasteiger partial charge is 0.488 e. The summed E-state index contributed by atoms with van der Waals surface area (Å²) in [6.45, 7) is 4.62. The lowest BCUT2D eigenvalue weighted by Crippen LogP contribution is -2.11. The molecule has 1 rings (SSSR count). The van der Waals surface area contributed by atoms with Crippen molar-refractivity contribution in [3.63, 3.8) is 0 Å². The van der Waals surface area contributed by atoms with E-state index in [1.807, 2.05) is 13.8 Å². The van der Waals surface area contributed by atoms with Gasteiger partial charge in [0.05, 0.1) is 12.7 Å². The average molecular weight is 285 g/mol. The lowest BCUT2D eigenvalue weighted by Gasteiger charge is -2.10. The van der Waals surface area contributed by atoms with E-state index in [0.717, 1.165) is 0 Å². The van der Waals surface area contributed by atoms with Gasteiger partial charge < -0.3 is 9.47 Å². The maximum atomic E-state index is 13.5. The maximum Gasteiger partial charge on any atom is 0.165 e. The smallest absolute Gasteiger partial charge is 0.165 e. The predicted octanol–water partition coefficient (Wildman–Crippen LogP) is 3.61. The van der Waals surface area contributed by atoms with E-state index in [-0.39, 0.29) is 11.9 Å². The lowest BCUT2D eigenvalue weighted by atomic mass is 10.2. The van der Waals surface area contributed by atoms with E-state index in [1.54, 1.807) is 12.1 Å². The Morgan fingerprint density at radius 3 is 2.79 bits per heavy atom. The van der Waals surface area contributed by atoms with Crippen molar-refractivity contribution in [2.45, 2.75) is 26.4 Å². The predicted molar refractivity (Wildman–Crippen MR) is 75.2 cm³/mol. The van der Waals surface area contributed by atoms with E-state index < -0.39 is 5.82 Å². The molecule has 0 aliphatic carbocycles. The van der Waals surface area contributed by atoms with Gasteiger partial charge in [0.25, 0.3) is 0 Å². The normalized spacial score (nSPS) is 10.2. The van der Waals surface area contributed by atoms with Gasteiger partial charge in [0.15, 0.2) is 11.6 Å². The highest BCUT2D eigenvalue weighted by Gasteiger charge is 2.04. The molecule has 1 aromatic carbocycles. The van der Waals surface area contributed by atoms with Gasteiger partial charge in [-0.05, 0) is 32.0 Å². The van der Waals surface area contributed by atoms with Crippen molar-refractivity contribution in [3.8, 4) is 17.6 Å². The molecule has 0 unspecified atom stereocenters. The Morgan fingerprint density at radius 2 is 2.11 bits per heavy atom. The van der Waals surface area contributed by atoms with Gasteiger partial charge in [0, 0.05) is 17.9 Å². The zero-order valence-electron chi connectivity index (χ0n) is 11.2. The number of hydrogen-bond acceptors (Lipinski definition) is 2. The Labute approximate surface area is 118 Å². The summed E-state index contributed by atoms with van der Waals surface area (Å²) in [5.74, 6) is 6.10. The molecular weight excluding hydrogens is 267 g/mol. The highest BCUT2D eigenvalue weighted by molar-refractivity contribution is 6.18. The second kappa shape index (κ2) is 8.79. The Bertz CT molecular complexity index is 449. The molecular formula is C15H18ClFO2. The molecule has 0 amide bonds. The molecule has 0 atom stereocenters. The van der Waals surface area contributed by atoms with Crippen LogP contribution in [0.25, 0.3) is 0 Å². The maximum absolute atomic E-state index is 13.5. The number of alkyl halides is 1. The fourth-order valence-electron chi connectivity index (χ4n) is 1.34.